The normalized spacial score (nSPS) is 23.1. The summed E-state index contributed by atoms with van der Waals surface area (Å²) in [6.45, 7) is 3.22. The second kappa shape index (κ2) is 7.68. The van der Waals surface area contributed by atoms with E-state index in [0.29, 0.717) is 22.7 Å². The fourth-order valence-electron chi connectivity index (χ4n) is 3.71. The van der Waals surface area contributed by atoms with Crippen LogP contribution in [0.2, 0.25) is 5.02 Å². The first-order valence-corrected chi connectivity index (χ1v) is 9.43. The summed E-state index contributed by atoms with van der Waals surface area (Å²) in [7, 11) is 0. The van der Waals surface area contributed by atoms with E-state index in [1.165, 1.54) is 0 Å². The van der Waals surface area contributed by atoms with Crippen molar-refractivity contribution in [2.24, 2.45) is 5.92 Å². The standard InChI is InChI=1S/C19H22ClN3O4/c1-11-6-3-4-9-15(11)23-18(26)17(25)22(19(23)27)10-16(24)21-14-8-5-7-13(20)12(14)2/h5,7-8,11,15H,3-4,6,9-10H2,1-2H3,(H,21,24)/t11-,15-/m0/s1. The molecule has 0 aromatic heterocycles. The second-order valence-electron chi connectivity index (χ2n) is 7.14. The van der Waals surface area contributed by atoms with Crippen molar-refractivity contribution < 1.29 is 19.2 Å². The second-order valence-corrected chi connectivity index (χ2v) is 7.55. The maximum Gasteiger partial charge on any atom is 0.334 e. The first-order valence-electron chi connectivity index (χ1n) is 9.05. The van der Waals surface area contributed by atoms with Crippen molar-refractivity contribution in [1.82, 2.24) is 9.80 Å². The summed E-state index contributed by atoms with van der Waals surface area (Å²) < 4.78 is 0. The average molecular weight is 392 g/mol. The third kappa shape index (κ3) is 3.69. The number of amides is 5. The molecule has 0 unspecified atom stereocenters. The lowest BCUT2D eigenvalue weighted by molar-refractivity contribution is -0.145. The molecule has 27 heavy (non-hydrogen) atoms. The topological polar surface area (TPSA) is 86.8 Å². The zero-order chi connectivity index (χ0) is 19.7. The summed E-state index contributed by atoms with van der Waals surface area (Å²) in [5.74, 6) is -2.21. The van der Waals surface area contributed by atoms with E-state index in [0.717, 1.165) is 29.1 Å². The minimum absolute atomic E-state index is 0.141. The van der Waals surface area contributed by atoms with Crippen LogP contribution in [0.5, 0.6) is 0 Å². The Morgan fingerprint density at radius 3 is 2.59 bits per heavy atom. The van der Waals surface area contributed by atoms with E-state index < -0.39 is 30.3 Å². The van der Waals surface area contributed by atoms with Crippen molar-refractivity contribution in [3.63, 3.8) is 0 Å². The van der Waals surface area contributed by atoms with E-state index >= 15 is 0 Å². The van der Waals surface area contributed by atoms with Gasteiger partial charge in [0.15, 0.2) is 0 Å². The average Bonchev–Trinajstić information content (AvgIpc) is 2.83. The molecular formula is C19H22ClN3O4. The van der Waals surface area contributed by atoms with Gasteiger partial charge in [0.25, 0.3) is 0 Å². The summed E-state index contributed by atoms with van der Waals surface area (Å²) in [6.07, 6.45) is 3.56. The van der Waals surface area contributed by atoms with Crippen LogP contribution in [-0.4, -0.2) is 46.1 Å². The number of carbonyl (C=O) groups excluding carboxylic acids is 4. The van der Waals surface area contributed by atoms with Crippen LogP contribution in [0.4, 0.5) is 10.5 Å². The molecular weight excluding hydrogens is 370 g/mol. The monoisotopic (exact) mass is 391 g/mol. The van der Waals surface area contributed by atoms with Crippen LogP contribution in [0, 0.1) is 12.8 Å². The van der Waals surface area contributed by atoms with Gasteiger partial charge in [0.1, 0.15) is 6.54 Å². The molecule has 2 fully saturated rings. The van der Waals surface area contributed by atoms with E-state index in [4.69, 9.17) is 11.6 Å². The minimum Gasteiger partial charge on any atom is -0.324 e. The van der Waals surface area contributed by atoms with Gasteiger partial charge in [-0.2, -0.15) is 0 Å². The molecule has 5 amide bonds. The summed E-state index contributed by atoms with van der Waals surface area (Å²) in [5.41, 5.74) is 1.18. The Morgan fingerprint density at radius 1 is 1.19 bits per heavy atom. The van der Waals surface area contributed by atoms with Gasteiger partial charge >= 0.3 is 17.8 Å². The number of carbonyl (C=O) groups is 4. The Bertz CT molecular complexity index is 810. The third-order valence-corrected chi connectivity index (χ3v) is 5.73. The molecule has 7 nitrogen and oxygen atoms in total. The number of anilines is 1. The first kappa shape index (κ1) is 19.4. The zero-order valence-electron chi connectivity index (χ0n) is 15.3. The van der Waals surface area contributed by atoms with Gasteiger partial charge in [-0.05, 0) is 43.4 Å². The SMILES string of the molecule is Cc1c(Cl)cccc1NC(=O)CN1C(=O)C(=O)N([C@H]2CCCC[C@@H]2C)C1=O. The molecule has 3 rings (SSSR count). The van der Waals surface area contributed by atoms with Crippen molar-refractivity contribution in [3.8, 4) is 0 Å². The van der Waals surface area contributed by atoms with Gasteiger partial charge < -0.3 is 5.32 Å². The van der Waals surface area contributed by atoms with Crippen molar-refractivity contribution in [2.45, 2.75) is 45.6 Å². The van der Waals surface area contributed by atoms with Crippen LogP contribution in [-0.2, 0) is 14.4 Å². The van der Waals surface area contributed by atoms with Crippen molar-refractivity contribution in [3.05, 3.63) is 28.8 Å². The zero-order valence-corrected chi connectivity index (χ0v) is 16.1. The largest absolute Gasteiger partial charge is 0.334 e. The Labute approximate surface area is 162 Å². The Morgan fingerprint density at radius 2 is 1.89 bits per heavy atom. The van der Waals surface area contributed by atoms with E-state index in [1.54, 1.807) is 25.1 Å². The highest BCUT2D eigenvalue weighted by Gasteiger charge is 2.49. The molecule has 1 heterocycles. The fourth-order valence-corrected chi connectivity index (χ4v) is 3.89. The lowest BCUT2D eigenvalue weighted by Gasteiger charge is -2.34. The molecule has 1 aliphatic carbocycles. The maximum atomic E-state index is 12.7. The minimum atomic E-state index is -0.948. The molecule has 144 valence electrons. The van der Waals surface area contributed by atoms with Crippen molar-refractivity contribution >= 4 is 41.0 Å². The predicted octanol–water partition coefficient (Wildman–Crippen LogP) is 2.96. The molecule has 1 N–H and O–H groups in total. The number of halogens is 1. The molecule has 1 aromatic carbocycles. The van der Waals surface area contributed by atoms with Crippen LogP contribution < -0.4 is 5.32 Å². The van der Waals surface area contributed by atoms with Crippen LogP contribution in [0.25, 0.3) is 0 Å². The Hall–Kier alpha value is -2.41. The van der Waals surface area contributed by atoms with Gasteiger partial charge in [0.05, 0.1) is 0 Å². The molecule has 1 saturated carbocycles. The molecule has 1 saturated heterocycles. The smallest absolute Gasteiger partial charge is 0.324 e. The number of hydrogen-bond donors (Lipinski definition) is 1. The molecule has 0 bridgehead atoms. The third-order valence-electron chi connectivity index (χ3n) is 5.33. The molecule has 2 atom stereocenters. The number of urea groups is 1. The molecule has 0 radical (unpaired) electrons. The maximum absolute atomic E-state index is 12.7. The summed E-state index contributed by atoms with van der Waals surface area (Å²) in [5, 5.41) is 3.13. The molecule has 1 aliphatic heterocycles. The van der Waals surface area contributed by atoms with Gasteiger partial charge in [-0.1, -0.05) is 37.4 Å². The molecule has 0 spiro atoms. The molecule has 8 heteroatoms. The van der Waals surface area contributed by atoms with Gasteiger partial charge in [-0.15, -0.1) is 0 Å². The lowest BCUT2D eigenvalue weighted by atomic mass is 9.85. The highest BCUT2D eigenvalue weighted by atomic mass is 35.5. The number of imide groups is 2. The number of nitrogens with zero attached hydrogens (tertiary/aromatic N) is 2. The van der Waals surface area contributed by atoms with E-state index in [-0.39, 0.29) is 12.0 Å². The van der Waals surface area contributed by atoms with Crippen LogP contribution in [0.15, 0.2) is 18.2 Å². The van der Waals surface area contributed by atoms with E-state index in [9.17, 15) is 19.2 Å². The number of benzene rings is 1. The highest BCUT2D eigenvalue weighted by Crippen LogP contribution is 2.31. The summed E-state index contributed by atoms with van der Waals surface area (Å²) >= 11 is 6.03. The highest BCUT2D eigenvalue weighted by molar-refractivity contribution is 6.45. The number of hydrogen-bond acceptors (Lipinski definition) is 4. The van der Waals surface area contributed by atoms with Crippen molar-refractivity contribution in [2.75, 3.05) is 11.9 Å². The number of rotatable bonds is 4. The van der Waals surface area contributed by atoms with Crippen LogP contribution >= 0.6 is 11.6 Å². The fraction of sp³-hybridized carbons (Fsp3) is 0.474. The van der Waals surface area contributed by atoms with Crippen LogP contribution in [0.1, 0.15) is 38.2 Å². The van der Waals surface area contributed by atoms with Gasteiger partial charge in [0, 0.05) is 16.8 Å². The van der Waals surface area contributed by atoms with E-state index in [1.807, 2.05) is 6.92 Å². The van der Waals surface area contributed by atoms with Gasteiger partial charge in [-0.3, -0.25) is 19.3 Å². The van der Waals surface area contributed by atoms with Gasteiger partial charge in [-0.25, -0.2) is 9.69 Å². The summed E-state index contributed by atoms with van der Waals surface area (Å²) in [4.78, 5) is 51.5. The predicted molar refractivity (Wildman–Crippen MR) is 100 cm³/mol. The van der Waals surface area contributed by atoms with Gasteiger partial charge in [0.2, 0.25) is 5.91 Å². The van der Waals surface area contributed by atoms with E-state index in [2.05, 4.69) is 5.32 Å². The molecule has 2 aliphatic rings. The molecule has 1 aromatic rings. The summed E-state index contributed by atoms with van der Waals surface area (Å²) in [6, 6.07) is 4.07. The lowest BCUT2D eigenvalue weighted by Crippen LogP contribution is -2.46. The van der Waals surface area contributed by atoms with Crippen molar-refractivity contribution in [1.29, 1.82) is 0 Å². The number of nitrogens with one attached hydrogen (secondary N) is 1. The first-order chi connectivity index (χ1) is 12.8. The Balaban J connectivity index is 1.72. The quantitative estimate of drug-likeness (QED) is 0.631. The Kier molecular flexibility index (Phi) is 5.51. The van der Waals surface area contributed by atoms with Crippen LogP contribution in [0.3, 0.4) is 0 Å².